The lowest BCUT2D eigenvalue weighted by Crippen LogP contribution is -2.43. The van der Waals surface area contributed by atoms with Crippen molar-refractivity contribution in [3.63, 3.8) is 0 Å². The third-order valence-electron chi connectivity index (χ3n) is 2.31. The van der Waals surface area contributed by atoms with Crippen molar-refractivity contribution in [1.29, 1.82) is 0 Å². The van der Waals surface area contributed by atoms with E-state index in [0.717, 1.165) is 19.5 Å². The van der Waals surface area contributed by atoms with Gasteiger partial charge in [0.05, 0.1) is 5.75 Å². The summed E-state index contributed by atoms with van der Waals surface area (Å²) < 4.78 is 24.9. The summed E-state index contributed by atoms with van der Waals surface area (Å²) in [6.45, 7) is 6.52. The molecule has 0 amide bonds. The molecule has 1 aliphatic heterocycles. The molecule has 1 fully saturated rings. The highest BCUT2D eigenvalue weighted by Gasteiger charge is 2.17. The van der Waals surface area contributed by atoms with E-state index in [1.807, 2.05) is 0 Å². The van der Waals surface area contributed by atoms with Crippen molar-refractivity contribution in [2.24, 2.45) is 0 Å². The maximum Gasteiger partial charge on any atom is 0.211 e. The largest absolute Gasteiger partial charge is 0.300 e. The minimum absolute atomic E-state index is 0.260. The van der Waals surface area contributed by atoms with Crippen LogP contribution in [0.2, 0.25) is 0 Å². The molecule has 1 N–H and O–H groups in total. The molecular formula is C8H18N2O2S. The lowest BCUT2D eigenvalue weighted by Gasteiger charge is -2.28. The number of rotatable bonds is 1. The first-order valence-corrected chi connectivity index (χ1v) is 6.38. The van der Waals surface area contributed by atoms with Crippen LogP contribution in [0.4, 0.5) is 0 Å². The quantitative estimate of drug-likeness (QED) is 0.658. The first kappa shape index (κ1) is 10.9. The van der Waals surface area contributed by atoms with Crippen LogP contribution < -0.4 is 4.72 Å². The van der Waals surface area contributed by atoms with Crippen LogP contribution in [0.1, 0.15) is 20.3 Å². The maximum absolute atomic E-state index is 11.2. The average molecular weight is 206 g/mol. The summed E-state index contributed by atoms with van der Waals surface area (Å²) in [6, 6.07) is 0.502. The molecule has 0 aromatic carbocycles. The Morgan fingerprint density at radius 3 is 2.62 bits per heavy atom. The average Bonchev–Trinajstić information content (AvgIpc) is 1.97. The highest BCUT2D eigenvalue weighted by molar-refractivity contribution is 7.89. The van der Waals surface area contributed by atoms with Crippen molar-refractivity contribution in [1.82, 2.24) is 9.62 Å². The van der Waals surface area contributed by atoms with E-state index < -0.39 is 10.0 Å². The second-order valence-corrected chi connectivity index (χ2v) is 5.62. The molecule has 0 atom stereocenters. The van der Waals surface area contributed by atoms with Gasteiger partial charge in [-0.25, -0.2) is 13.1 Å². The maximum atomic E-state index is 11.2. The molecule has 0 unspecified atom stereocenters. The molecule has 5 heteroatoms. The Labute approximate surface area is 80.4 Å². The molecule has 0 aromatic rings. The summed E-state index contributed by atoms with van der Waals surface area (Å²) in [5.74, 6) is 0.260. The van der Waals surface area contributed by atoms with E-state index in [4.69, 9.17) is 0 Å². The molecule has 0 radical (unpaired) electrons. The predicted molar refractivity (Wildman–Crippen MR) is 53.1 cm³/mol. The van der Waals surface area contributed by atoms with Crippen molar-refractivity contribution in [2.45, 2.75) is 26.3 Å². The van der Waals surface area contributed by atoms with E-state index in [2.05, 4.69) is 23.5 Å². The van der Waals surface area contributed by atoms with Crippen LogP contribution >= 0.6 is 0 Å². The van der Waals surface area contributed by atoms with Crippen LogP contribution in [0.25, 0.3) is 0 Å². The minimum Gasteiger partial charge on any atom is -0.300 e. The Kier molecular flexibility index (Phi) is 3.70. The van der Waals surface area contributed by atoms with Gasteiger partial charge in [-0.05, 0) is 26.8 Å². The van der Waals surface area contributed by atoms with E-state index in [1.165, 1.54) is 0 Å². The Bertz CT molecular complexity index is 233. The molecule has 1 rings (SSSR count). The number of hydrogen-bond acceptors (Lipinski definition) is 3. The van der Waals surface area contributed by atoms with Gasteiger partial charge in [-0.1, -0.05) is 0 Å². The number of sulfonamides is 1. The summed E-state index contributed by atoms with van der Waals surface area (Å²) in [6.07, 6.45) is 0.730. The van der Waals surface area contributed by atoms with Crippen LogP contribution in [0.3, 0.4) is 0 Å². The van der Waals surface area contributed by atoms with E-state index in [0.29, 0.717) is 12.6 Å². The number of nitrogens with one attached hydrogen (secondary N) is 1. The van der Waals surface area contributed by atoms with Gasteiger partial charge in [0.1, 0.15) is 0 Å². The third-order valence-corrected chi connectivity index (χ3v) is 3.78. The normalized spacial score (nSPS) is 25.5. The molecule has 1 saturated heterocycles. The van der Waals surface area contributed by atoms with Gasteiger partial charge < -0.3 is 0 Å². The summed E-state index contributed by atoms with van der Waals surface area (Å²) >= 11 is 0. The van der Waals surface area contributed by atoms with Gasteiger partial charge in [-0.15, -0.1) is 0 Å². The summed E-state index contributed by atoms with van der Waals surface area (Å²) in [4.78, 5) is 2.29. The van der Waals surface area contributed by atoms with Crippen molar-refractivity contribution in [2.75, 3.05) is 25.4 Å². The van der Waals surface area contributed by atoms with Gasteiger partial charge in [0.25, 0.3) is 0 Å². The fourth-order valence-electron chi connectivity index (χ4n) is 1.50. The fourth-order valence-corrected chi connectivity index (χ4v) is 2.56. The van der Waals surface area contributed by atoms with E-state index >= 15 is 0 Å². The van der Waals surface area contributed by atoms with E-state index in [-0.39, 0.29) is 5.75 Å². The summed E-state index contributed by atoms with van der Waals surface area (Å²) in [5.41, 5.74) is 0. The van der Waals surface area contributed by atoms with Crippen LogP contribution in [-0.4, -0.2) is 44.7 Å². The Hall–Kier alpha value is -0.130. The van der Waals surface area contributed by atoms with Gasteiger partial charge >= 0.3 is 0 Å². The zero-order valence-electron chi connectivity index (χ0n) is 8.28. The van der Waals surface area contributed by atoms with Crippen molar-refractivity contribution in [3.8, 4) is 0 Å². The Balaban J connectivity index is 2.49. The van der Waals surface area contributed by atoms with E-state index in [1.54, 1.807) is 0 Å². The zero-order valence-corrected chi connectivity index (χ0v) is 9.10. The summed E-state index contributed by atoms with van der Waals surface area (Å²) in [7, 11) is -2.97. The molecule has 4 nitrogen and oxygen atoms in total. The van der Waals surface area contributed by atoms with E-state index in [9.17, 15) is 8.42 Å². The molecule has 0 aromatic heterocycles. The van der Waals surface area contributed by atoms with Crippen LogP contribution in [0.15, 0.2) is 0 Å². The first-order chi connectivity index (χ1) is 6.01. The Morgan fingerprint density at radius 1 is 1.31 bits per heavy atom. The Morgan fingerprint density at radius 2 is 2.00 bits per heavy atom. The lowest BCUT2D eigenvalue weighted by atomic mass is 10.3. The standard InChI is InChI=1S/C8H18N2O2S/c1-8(2)10-5-3-7-13(11,12)9-4-6-10/h8-9H,3-7H2,1-2H3. The topological polar surface area (TPSA) is 49.4 Å². The van der Waals surface area contributed by atoms with Gasteiger partial charge in [0, 0.05) is 19.1 Å². The SMILES string of the molecule is CC(C)N1CCCS(=O)(=O)NCC1. The molecule has 1 heterocycles. The monoisotopic (exact) mass is 206 g/mol. The second-order valence-electron chi connectivity index (χ2n) is 3.70. The van der Waals surface area contributed by atoms with Crippen LogP contribution in [0.5, 0.6) is 0 Å². The molecule has 78 valence electrons. The summed E-state index contributed by atoms with van der Waals surface area (Å²) in [5, 5.41) is 0. The fraction of sp³-hybridized carbons (Fsp3) is 1.00. The molecule has 1 aliphatic rings. The second kappa shape index (κ2) is 4.39. The highest BCUT2D eigenvalue weighted by Crippen LogP contribution is 2.03. The minimum atomic E-state index is -2.97. The smallest absolute Gasteiger partial charge is 0.211 e. The molecule has 0 bridgehead atoms. The van der Waals surface area contributed by atoms with Gasteiger partial charge in [0.15, 0.2) is 0 Å². The molecule has 13 heavy (non-hydrogen) atoms. The molecule has 0 aliphatic carbocycles. The predicted octanol–water partition coefficient (Wildman–Crippen LogP) is 0.0199. The zero-order chi connectivity index (χ0) is 9.90. The molecule has 0 saturated carbocycles. The van der Waals surface area contributed by atoms with Gasteiger partial charge in [0.2, 0.25) is 10.0 Å². The third kappa shape index (κ3) is 3.62. The first-order valence-electron chi connectivity index (χ1n) is 4.73. The van der Waals surface area contributed by atoms with Crippen molar-refractivity contribution in [3.05, 3.63) is 0 Å². The van der Waals surface area contributed by atoms with Crippen molar-refractivity contribution >= 4 is 10.0 Å². The molecular weight excluding hydrogens is 188 g/mol. The van der Waals surface area contributed by atoms with Gasteiger partial charge in [-0.2, -0.15) is 0 Å². The number of hydrogen-bond donors (Lipinski definition) is 1. The van der Waals surface area contributed by atoms with Crippen LogP contribution in [-0.2, 0) is 10.0 Å². The van der Waals surface area contributed by atoms with Crippen LogP contribution in [0, 0.1) is 0 Å². The molecule has 0 spiro atoms. The number of nitrogens with zero attached hydrogens (tertiary/aromatic N) is 1. The lowest BCUT2D eigenvalue weighted by molar-refractivity contribution is 0.223. The highest BCUT2D eigenvalue weighted by atomic mass is 32.2. The van der Waals surface area contributed by atoms with Gasteiger partial charge in [-0.3, -0.25) is 4.90 Å². The van der Waals surface area contributed by atoms with Crippen molar-refractivity contribution < 1.29 is 8.42 Å².